The number of aromatic nitrogens is 3. The minimum Gasteiger partial charge on any atom is -0.326 e. The van der Waals surface area contributed by atoms with E-state index in [1.54, 1.807) is 28.8 Å². The Morgan fingerprint density at radius 1 is 0.966 bits per heavy atom. The summed E-state index contributed by atoms with van der Waals surface area (Å²) in [5, 5.41) is 15.1. The van der Waals surface area contributed by atoms with Crippen molar-refractivity contribution in [2.24, 2.45) is 7.05 Å². The molecule has 0 atom stereocenters. The Labute approximate surface area is 177 Å². The number of rotatable bonds is 8. The first-order valence-corrected chi connectivity index (χ1v) is 10.3. The summed E-state index contributed by atoms with van der Waals surface area (Å²) in [6.07, 6.45) is 0.752. The van der Waals surface area contributed by atoms with E-state index in [1.165, 1.54) is 11.8 Å². The van der Waals surface area contributed by atoms with E-state index in [9.17, 15) is 9.59 Å². The van der Waals surface area contributed by atoms with Gasteiger partial charge in [0, 0.05) is 36.3 Å². The highest BCUT2D eigenvalue weighted by atomic mass is 35.5. The van der Waals surface area contributed by atoms with E-state index in [-0.39, 0.29) is 17.6 Å². The number of carbonyl (C=O) groups is 2. The van der Waals surface area contributed by atoms with Gasteiger partial charge in [0.15, 0.2) is 5.16 Å². The Balaban J connectivity index is 1.46. The second-order valence-electron chi connectivity index (χ2n) is 6.22. The van der Waals surface area contributed by atoms with Crippen LogP contribution in [-0.2, 0) is 23.1 Å². The summed E-state index contributed by atoms with van der Waals surface area (Å²) in [6.45, 7) is 0. The van der Waals surface area contributed by atoms with Gasteiger partial charge in [0.1, 0.15) is 5.82 Å². The van der Waals surface area contributed by atoms with Crippen molar-refractivity contribution in [1.29, 1.82) is 0 Å². The van der Waals surface area contributed by atoms with Crippen LogP contribution >= 0.6 is 23.4 Å². The molecule has 0 aliphatic rings. The lowest BCUT2D eigenvalue weighted by Gasteiger charge is -2.06. The van der Waals surface area contributed by atoms with Crippen LogP contribution in [0.15, 0.2) is 59.8 Å². The van der Waals surface area contributed by atoms with Crippen molar-refractivity contribution in [1.82, 2.24) is 14.8 Å². The van der Waals surface area contributed by atoms with Gasteiger partial charge >= 0.3 is 0 Å². The molecule has 0 aliphatic carbocycles. The van der Waals surface area contributed by atoms with Crippen molar-refractivity contribution in [3.63, 3.8) is 0 Å². The van der Waals surface area contributed by atoms with Crippen molar-refractivity contribution in [3.8, 4) is 0 Å². The molecule has 0 saturated heterocycles. The van der Waals surface area contributed by atoms with E-state index in [4.69, 9.17) is 11.6 Å². The molecule has 7 nitrogen and oxygen atoms in total. The van der Waals surface area contributed by atoms with Crippen molar-refractivity contribution < 1.29 is 9.59 Å². The smallest absolute Gasteiger partial charge is 0.234 e. The molecule has 2 N–H and O–H groups in total. The predicted octanol–water partition coefficient (Wildman–Crippen LogP) is 3.77. The van der Waals surface area contributed by atoms with Crippen molar-refractivity contribution >= 4 is 46.6 Å². The maximum absolute atomic E-state index is 12.1. The van der Waals surface area contributed by atoms with E-state index in [1.807, 2.05) is 37.4 Å². The minimum atomic E-state index is -0.149. The molecule has 29 heavy (non-hydrogen) atoms. The summed E-state index contributed by atoms with van der Waals surface area (Å²) in [5.41, 5.74) is 1.45. The Kier molecular flexibility index (Phi) is 7.26. The molecular formula is C20H20ClN5O2S. The van der Waals surface area contributed by atoms with Crippen molar-refractivity contribution in [2.45, 2.75) is 18.0 Å². The third kappa shape index (κ3) is 6.33. The molecule has 9 heteroatoms. The topological polar surface area (TPSA) is 88.9 Å². The van der Waals surface area contributed by atoms with E-state index >= 15 is 0 Å². The van der Waals surface area contributed by atoms with Gasteiger partial charge in [-0.2, -0.15) is 0 Å². The zero-order valence-electron chi connectivity index (χ0n) is 15.8. The number of hydrogen-bond donors (Lipinski definition) is 2. The van der Waals surface area contributed by atoms with Crippen LogP contribution in [0.4, 0.5) is 11.4 Å². The molecule has 0 aliphatic heterocycles. The van der Waals surface area contributed by atoms with Crippen LogP contribution in [0.1, 0.15) is 12.2 Å². The summed E-state index contributed by atoms with van der Waals surface area (Å²) in [4.78, 5) is 24.2. The standard InChI is InChI=1S/C20H20ClN5O2S/c1-26-17(11-12-18(27)22-15-5-3-2-4-6-15)24-25-20(26)29-13-19(28)23-16-9-7-14(21)8-10-16/h2-10H,11-13H2,1H3,(H,22,27)(H,23,28). The van der Waals surface area contributed by atoms with Gasteiger partial charge in [-0.15, -0.1) is 10.2 Å². The van der Waals surface area contributed by atoms with Gasteiger partial charge in [0.2, 0.25) is 11.8 Å². The quantitative estimate of drug-likeness (QED) is 0.532. The molecule has 2 aromatic carbocycles. The second-order valence-corrected chi connectivity index (χ2v) is 7.59. The van der Waals surface area contributed by atoms with Gasteiger partial charge in [-0.05, 0) is 36.4 Å². The highest BCUT2D eigenvalue weighted by Gasteiger charge is 2.13. The summed E-state index contributed by atoms with van der Waals surface area (Å²) in [5.74, 6) is 0.650. The maximum atomic E-state index is 12.1. The molecule has 1 heterocycles. The van der Waals surface area contributed by atoms with Gasteiger partial charge in [0.25, 0.3) is 0 Å². The summed E-state index contributed by atoms with van der Waals surface area (Å²) in [7, 11) is 1.82. The average Bonchev–Trinajstić information content (AvgIpc) is 3.07. The van der Waals surface area contributed by atoms with Crippen molar-refractivity contribution in [3.05, 3.63) is 65.4 Å². The van der Waals surface area contributed by atoms with Crippen LogP contribution in [-0.4, -0.2) is 32.3 Å². The molecule has 0 bridgehead atoms. The van der Waals surface area contributed by atoms with Crippen LogP contribution in [0.25, 0.3) is 0 Å². The van der Waals surface area contributed by atoms with Crippen LogP contribution < -0.4 is 10.6 Å². The molecule has 0 fully saturated rings. The second kappa shape index (κ2) is 10.1. The molecule has 0 unspecified atom stereocenters. The largest absolute Gasteiger partial charge is 0.326 e. The number of amides is 2. The monoisotopic (exact) mass is 429 g/mol. The Morgan fingerprint density at radius 3 is 2.34 bits per heavy atom. The Bertz CT molecular complexity index is 976. The van der Waals surface area contributed by atoms with Crippen LogP contribution in [0, 0.1) is 0 Å². The molecule has 0 saturated carbocycles. The first-order valence-electron chi connectivity index (χ1n) is 8.92. The average molecular weight is 430 g/mol. The van der Waals surface area contributed by atoms with Crippen LogP contribution in [0.2, 0.25) is 5.02 Å². The lowest BCUT2D eigenvalue weighted by molar-refractivity contribution is -0.116. The van der Waals surface area contributed by atoms with Crippen LogP contribution in [0.5, 0.6) is 0 Å². The highest BCUT2D eigenvalue weighted by Crippen LogP contribution is 2.18. The number of nitrogens with zero attached hydrogens (tertiary/aromatic N) is 3. The minimum absolute atomic E-state index is 0.0873. The summed E-state index contributed by atoms with van der Waals surface area (Å²) < 4.78 is 1.80. The number of aryl methyl sites for hydroxylation is 1. The van der Waals surface area contributed by atoms with Crippen molar-refractivity contribution in [2.75, 3.05) is 16.4 Å². The molecule has 2 amide bonds. The number of para-hydroxylation sites is 1. The number of carbonyl (C=O) groups excluding carboxylic acids is 2. The third-order valence-corrected chi connectivity index (χ3v) is 5.29. The predicted molar refractivity (Wildman–Crippen MR) is 115 cm³/mol. The first-order chi connectivity index (χ1) is 14.0. The van der Waals surface area contributed by atoms with Gasteiger partial charge in [-0.1, -0.05) is 41.6 Å². The number of anilines is 2. The fraction of sp³-hybridized carbons (Fsp3) is 0.200. The summed E-state index contributed by atoms with van der Waals surface area (Å²) >= 11 is 7.12. The maximum Gasteiger partial charge on any atom is 0.234 e. The van der Waals surface area contributed by atoms with E-state index in [0.717, 1.165) is 5.69 Å². The molecule has 0 spiro atoms. The molecule has 0 radical (unpaired) electrons. The van der Waals surface area contributed by atoms with E-state index < -0.39 is 0 Å². The lowest BCUT2D eigenvalue weighted by atomic mass is 10.2. The number of thioether (sulfide) groups is 1. The number of nitrogens with one attached hydrogen (secondary N) is 2. The first kappa shape index (κ1) is 20.9. The van der Waals surface area contributed by atoms with Gasteiger partial charge in [-0.3, -0.25) is 9.59 Å². The fourth-order valence-electron chi connectivity index (χ4n) is 2.52. The molecule has 150 valence electrons. The molecule has 3 aromatic rings. The summed E-state index contributed by atoms with van der Waals surface area (Å²) in [6, 6.07) is 16.2. The molecule has 3 rings (SSSR count). The zero-order chi connectivity index (χ0) is 20.6. The van der Waals surface area contributed by atoms with E-state index in [0.29, 0.717) is 34.5 Å². The van der Waals surface area contributed by atoms with Gasteiger partial charge in [0.05, 0.1) is 5.75 Å². The molecule has 1 aromatic heterocycles. The normalized spacial score (nSPS) is 10.6. The fourth-order valence-corrected chi connectivity index (χ4v) is 3.38. The van der Waals surface area contributed by atoms with E-state index in [2.05, 4.69) is 20.8 Å². The molecular weight excluding hydrogens is 410 g/mol. The number of hydrogen-bond acceptors (Lipinski definition) is 5. The van der Waals surface area contributed by atoms with Crippen LogP contribution in [0.3, 0.4) is 0 Å². The Morgan fingerprint density at radius 2 is 1.62 bits per heavy atom. The number of benzene rings is 2. The lowest BCUT2D eigenvalue weighted by Crippen LogP contribution is -2.15. The van der Waals surface area contributed by atoms with Gasteiger partial charge < -0.3 is 15.2 Å². The Hall–Kier alpha value is -2.84. The zero-order valence-corrected chi connectivity index (χ0v) is 17.3. The highest BCUT2D eigenvalue weighted by molar-refractivity contribution is 7.99. The SMILES string of the molecule is Cn1c(CCC(=O)Nc2ccccc2)nnc1SCC(=O)Nc1ccc(Cl)cc1. The third-order valence-electron chi connectivity index (χ3n) is 4.02. The number of halogens is 1. The van der Waals surface area contributed by atoms with Gasteiger partial charge in [-0.25, -0.2) is 0 Å².